The Bertz CT molecular complexity index is 296. The summed E-state index contributed by atoms with van der Waals surface area (Å²) in [5, 5.41) is -0.164. The first-order valence-electron chi connectivity index (χ1n) is 3.39. The van der Waals surface area contributed by atoms with E-state index in [0.717, 1.165) is 0 Å². The summed E-state index contributed by atoms with van der Waals surface area (Å²) in [7, 11) is 0. The van der Waals surface area contributed by atoms with Crippen molar-refractivity contribution in [2.24, 2.45) is 5.73 Å². The molecule has 0 bridgehead atoms. The van der Waals surface area contributed by atoms with E-state index in [-0.39, 0.29) is 17.3 Å². The average molecular weight is 318 g/mol. The maximum absolute atomic E-state index is 12.4. The molecule has 0 unspecified atom stereocenters. The summed E-state index contributed by atoms with van der Waals surface area (Å²) < 4.78 is 25.1. The van der Waals surface area contributed by atoms with Gasteiger partial charge in [-0.15, -0.1) is 0 Å². The second-order valence-corrected chi connectivity index (χ2v) is 3.82. The van der Waals surface area contributed by atoms with Crippen LogP contribution in [-0.2, 0) is 6.54 Å². The Morgan fingerprint density at radius 3 is 2.62 bits per heavy atom. The molecule has 13 heavy (non-hydrogen) atoms. The topological polar surface area (TPSA) is 38.9 Å². The Morgan fingerprint density at radius 1 is 1.62 bits per heavy atom. The minimum absolute atomic E-state index is 0.164. The van der Waals surface area contributed by atoms with Gasteiger partial charge in [0.2, 0.25) is 0 Å². The highest BCUT2D eigenvalue weighted by atomic mass is 127. The highest BCUT2D eigenvalue weighted by Gasteiger charge is 2.17. The highest BCUT2D eigenvalue weighted by Crippen LogP contribution is 2.30. The maximum Gasteiger partial charge on any atom is 0.267 e. The lowest BCUT2D eigenvalue weighted by atomic mass is 10.2. The molecule has 0 amide bonds. The first-order chi connectivity index (χ1) is 6.06. The third kappa shape index (κ3) is 2.47. The molecular weight excluding hydrogens is 312 g/mol. The van der Waals surface area contributed by atoms with Gasteiger partial charge in [-0.25, -0.2) is 13.8 Å². The monoisotopic (exact) mass is 318 g/mol. The summed E-state index contributed by atoms with van der Waals surface area (Å²) in [6, 6.07) is 1.51. The van der Waals surface area contributed by atoms with Crippen LogP contribution in [0.3, 0.4) is 0 Å². The summed E-state index contributed by atoms with van der Waals surface area (Å²) in [6.07, 6.45) is -2.60. The fourth-order valence-electron chi connectivity index (χ4n) is 0.840. The normalized spacial score (nSPS) is 10.9. The third-order valence-electron chi connectivity index (χ3n) is 1.44. The van der Waals surface area contributed by atoms with E-state index in [0.29, 0.717) is 9.26 Å². The van der Waals surface area contributed by atoms with E-state index in [2.05, 4.69) is 4.98 Å². The first-order valence-corrected chi connectivity index (χ1v) is 4.85. The first kappa shape index (κ1) is 11.1. The second-order valence-electron chi connectivity index (χ2n) is 2.30. The van der Waals surface area contributed by atoms with Crippen LogP contribution in [0, 0.1) is 3.57 Å². The van der Waals surface area contributed by atoms with Gasteiger partial charge < -0.3 is 5.73 Å². The SMILES string of the molecule is NCc1cc(I)c(C(F)F)c(Cl)n1. The van der Waals surface area contributed by atoms with Gasteiger partial charge in [0.15, 0.2) is 0 Å². The van der Waals surface area contributed by atoms with Crippen LogP contribution in [0.4, 0.5) is 8.78 Å². The number of halogens is 4. The van der Waals surface area contributed by atoms with Crippen LogP contribution in [0.1, 0.15) is 17.7 Å². The van der Waals surface area contributed by atoms with Gasteiger partial charge in [0.25, 0.3) is 6.43 Å². The lowest BCUT2D eigenvalue weighted by Gasteiger charge is -2.06. The fraction of sp³-hybridized carbons (Fsp3) is 0.286. The van der Waals surface area contributed by atoms with Crippen molar-refractivity contribution < 1.29 is 8.78 Å². The summed E-state index contributed by atoms with van der Waals surface area (Å²) in [6.45, 7) is 0.194. The molecule has 0 radical (unpaired) electrons. The smallest absolute Gasteiger partial charge is 0.267 e. The Kier molecular flexibility index (Phi) is 3.81. The van der Waals surface area contributed by atoms with Crippen molar-refractivity contribution in [3.05, 3.63) is 26.0 Å². The summed E-state index contributed by atoms with van der Waals surface area (Å²) >= 11 is 7.35. The van der Waals surface area contributed by atoms with Crippen molar-refractivity contribution in [2.75, 3.05) is 0 Å². The van der Waals surface area contributed by atoms with Gasteiger partial charge >= 0.3 is 0 Å². The van der Waals surface area contributed by atoms with E-state index in [4.69, 9.17) is 17.3 Å². The van der Waals surface area contributed by atoms with Crippen LogP contribution in [0.5, 0.6) is 0 Å². The molecule has 2 nitrogen and oxygen atoms in total. The van der Waals surface area contributed by atoms with Crippen molar-refractivity contribution in [1.29, 1.82) is 0 Å². The average Bonchev–Trinajstić information content (AvgIpc) is 2.02. The van der Waals surface area contributed by atoms with E-state index in [9.17, 15) is 8.78 Å². The van der Waals surface area contributed by atoms with Gasteiger partial charge in [-0.1, -0.05) is 11.6 Å². The van der Waals surface area contributed by atoms with Gasteiger partial charge in [-0.05, 0) is 28.7 Å². The standard InChI is InChI=1S/C7H6ClF2IN2/c8-6-5(7(9)10)4(11)1-3(2-12)13-6/h1,7H,2,12H2. The number of pyridine rings is 1. The molecule has 0 aromatic carbocycles. The molecule has 1 aromatic heterocycles. The number of hydrogen-bond donors (Lipinski definition) is 1. The number of alkyl halides is 2. The number of rotatable bonds is 2. The van der Waals surface area contributed by atoms with E-state index in [1.54, 1.807) is 22.6 Å². The van der Waals surface area contributed by atoms with Crippen molar-refractivity contribution in [3.63, 3.8) is 0 Å². The number of aromatic nitrogens is 1. The van der Waals surface area contributed by atoms with Crippen molar-refractivity contribution >= 4 is 34.2 Å². The quantitative estimate of drug-likeness (QED) is 0.673. The van der Waals surface area contributed by atoms with Crippen LogP contribution in [0.15, 0.2) is 6.07 Å². The van der Waals surface area contributed by atoms with E-state index < -0.39 is 6.43 Å². The van der Waals surface area contributed by atoms with Crippen LogP contribution >= 0.6 is 34.2 Å². The molecule has 6 heteroatoms. The Hall–Kier alpha value is -0.0100. The Labute approximate surface area is 92.6 Å². The zero-order chi connectivity index (χ0) is 10.0. The van der Waals surface area contributed by atoms with Gasteiger partial charge in [0.05, 0.1) is 11.3 Å². The molecule has 2 N–H and O–H groups in total. The molecule has 0 saturated carbocycles. The molecule has 1 aromatic rings. The van der Waals surface area contributed by atoms with Gasteiger partial charge in [-0.3, -0.25) is 0 Å². The number of nitrogens with two attached hydrogens (primary N) is 1. The molecule has 0 aliphatic heterocycles. The van der Waals surface area contributed by atoms with E-state index >= 15 is 0 Å². The summed E-state index contributed by atoms with van der Waals surface area (Å²) in [5.41, 5.74) is 5.59. The molecule has 0 spiro atoms. The summed E-state index contributed by atoms with van der Waals surface area (Å²) in [4.78, 5) is 3.73. The molecular formula is C7H6ClF2IN2. The third-order valence-corrected chi connectivity index (χ3v) is 2.62. The van der Waals surface area contributed by atoms with Crippen LogP contribution < -0.4 is 5.73 Å². The minimum atomic E-state index is -2.60. The number of nitrogens with zero attached hydrogens (tertiary/aromatic N) is 1. The lowest BCUT2D eigenvalue weighted by molar-refractivity contribution is 0.150. The zero-order valence-corrected chi connectivity index (χ0v) is 9.31. The second kappa shape index (κ2) is 4.47. The van der Waals surface area contributed by atoms with Crippen LogP contribution in [-0.4, -0.2) is 4.98 Å². The number of hydrogen-bond acceptors (Lipinski definition) is 2. The van der Waals surface area contributed by atoms with Gasteiger partial charge in [0.1, 0.15) is 5.15 Å². The Balaban J connectivity index is 3.23. The van der Waals surface area contributed by atoms with Crippen LogP contribution in [0.25, 0.3) is 0 Å². The molecule has 0 aliphatic rings. The predicted molar refractivity (Wildman–Crippen MR) is 54.8 cm³/mol. The Morgan fingerprint density at radius 2 is 2.23 bits per heavy atom. The molecule has 1 rings (SSSR count). The summed E-state index contributed by atoms with van der Waals surface area (Å²) in [5.74, 6) is 0. The van der Waals surface area contributed by atoms with Crippen LogP contribution in [0.2, 0.25) is 5.15 Å². The lowest BCUT2D eigenvalue weighted by Crippen LogP contribution is -2.03. The zero-order valence-electron chi connectivity index (χ0n) is 6.40. The maximum atomic E-state index is 12.4. The largest absolute Gasteiger partial charge is 0.325 e. The molecule has 0 atom stereocenters. The van der Waals surface area contributed by atoms with Crippen molar-refractivity contribution in [3.8, 4) is 0 Å². The van der Waals surface area contributed by atoms with Crippen molar-refractivity contribution in [2.45, 2.75) is 13.0 Å². The highest BCUT2D eigenvalue weighted by molar-refractivity contribution is 14.1. The van der Waals surface area contributed by atoms with E-state index in [1.807, 2.05) is 0 Å². The molecule has 72 valence electrons. The molecule has 0 saturated heterocycles. The fourth-order valence-corrected chi connectivity index (χ4v) is 2.14. The van der Waals surface area contributed by atoms with Gasteiger partial charge in [0, 0.05) is 10.1 Å². The van der Waals surface area contributed by atoms with Gasteiger partial charge in [-0.2, -0.15) is 0 Å². The molecule has 0 aliphatic carbocycles. The predicted octanol–water partition coefficient (Wildman–Crippen LogP) is 2.74. The molecule has 0 fully saturated rings. The van der Waals surface area contributed by atoms with E-state index in [1.165, 1.54) is 6.07 Å². The van der Waals surface area contributed by atoms with Crippen molar-refractivity contribution in [1.82, 2.24) is 4.98 Å². The minimum Gasteiger partial charge on any atom is -0.325 e. The molecule has 1 heterocycles.